The number of aliphatic hydroxyl groups is 1. The van der Waals surface area contributed by atoms with Crippen LogP contribution >= 0.6 is 0 Å². The fourth-order valence-electron chi connectivity index (χ4n) is 3.35. The lowest BCUT2D eigenvalue weighted by Crippen LogP contribution is -2.45. The highest BCUT2D eigenvalue weighted by Gasteiger charge is 2.29. The maximum absolute atomic E-state index is 12.5. The zero-order chi connectivity index (χ0) is 17.2. The maximum atomic E-state index is 12.5. The van der Waals surface area contributed by atoms with Crippen molar-refractivity contribution in [3.63, 3.8) is 0 Å². The van der Waals surface area contributed by atoms with Crippen LogP contribution in [0.3, 0.4) is 0 Å². The van der Waals surface area contributed by atoms with E-state index in [9.17, 15) is 14.7 Å². The molecule has 6 heteroatoms. The van der Waals surface area contributed by atoms with Crippen molar-refractivity contribution >= 4 is 16.7 Å². The highest BCUT2D eigenvalue weighted by molar-refractivity contribution is 5.83. The minimum Gasteiger partial charge on any atom is -0.388 e. The van der Waals surface area contributed by atoms with Crippen molar-refractivity contribution in [3.8, 4) is 0 Å². The molecule has 6 nitrogen and oxygen atoms in total. The van der Waals surface area contributed by atoms with Gasteiger partial charge in [-0.2, -0.15) is 5.10 Å². The third-order valence-corrected chi connectivity index (χ3v) is 4.74. The number of nitrogens with one attached hydrogen (secondary N) is 1. The summed E-state index contributed by atoms with van der Waals surface area (Å²) in [6.07, 6.45) is 4.52. The summed E-state index contributed by atoms with van der Waals surface area (Å²) < 4.78 is 1.19. The smallest absolute Gasteiger partial charge is 0.275 e. The molecule has 1 aromatic carbocycles. The molecule has 1 aliphatic carbocycles. The van der Waals surface area contributed by atoms with Crippen molar-refractivity contribution in [3.05, 3.63) is 40.3 Å². The van der Waals surface area contributed by atoms with E-state index in [-0.39, 0.29) is 24.6 Å². The molecule has 2 aromatic rings. The predicted octanol–water partition coefficient (Wildman–Crippen LogP) is 1.52. The van der Waals surface area contributed by atoms with Crippen LogP contribution in [0.1, 0.15) is 37.8 Å². The molecule has 1 saturated carbocycles. The van der Waals surface area contributed by atoms with Gasteiger partial charge in [0.1, 0.15) is 6.54 Å². The number of benzene rings is 1. The first-order chi connectivity index (χ1) is 11.5. The number of fused-ring (bicyclic) bond motifs is 1. The Hall–Kier alpha value is -2.21. The van der Waals surface area contributed by atoms with Crippen molar-refractivity contribution in [2.24, 2.45) is 0 Å². The van der Waals surface area contributed by atoms with E-state index in [1.165, 1.54) is 4.68 Å². The van der Waals surface area contributed by atoms with Gasteiger partial charge in [-0.15, -0.1) is 0 Å². The lowest BCUT2D eigenvalue weighted by Gasteiger charge is -2.32. The van der Waals surface area contributed by atoms with E-state index in [1.54, 1.807) is 12.1 Å². The summed E-state index contributed by atoms with van der Waals surface area (Å²) in [7, 11) is 0. The standard InChI is InChI=1S/C18H23N3O3/c1-13-14-7-3-4-8-15(14)17(23)21(20-13)11-16(22)19-12-18(24)9-5-2-6-10-18/h3-4,7-8,24H,2,5-6,9-12H2,1H3,(H,19,22). The van der Waals surface area contributed by atoms with E-state index in [0.29, 0.717) is 23.9 Å². The van der Waals surface area contributed by atoms with Gasteiger partial charge in [0.05, 0.1) is 16.7 Å². The highest BCUT2D eigenvalue weighted by atomic mass is 16.3. The Morgan fingerprint density at radius 1 is 1.25 bits per heavy atom. The second-order valence-electron chi connectivity index (χ2n) is 6.66. The van der Waals surface area contributed by atoms with Crippen LogP contribution in [0.5, 0.6) is 0 Å². The summed E-state index contributed by atoms with van der Waals surface area (Å²) >= 11 is 0. The Bertz CT molecular complexity index is 807. The number of hydrogen-bond acceptors (Lipinski definition) is 4. The van der Waals surface area contributed by atoms with E-state index >= 15 is 0 Å². The van der Waals surface area contributed by atoms with Gasteiger partial charge in [-0.3, -0.25) is 9.59 Å². The van der Waals surface area contributed by atoms with Crippen molar-refractivity contribution < 1.29 is 9.90 Å². The number of carbonyl (C=O) groups excluding carboxylic acids is 1. The second-order valence-corrected chi connectivity index (χ2v) is 6.66. The summed E-state index contributed by atoms with van der Waals surface area (Å²) in [5, 5.41) is 18.8. The first-order valence-electron chi connectivity index (χ1n) is 8.44. The summed E-state index contributed by atoms with van der Waals surface area (Å²) in [4.78, 5) is 24.6. The molecule has 0 atom stereocenters. The molecule has 0 spiro atoms. The van der Waals surface area contributed by atoms with Gasteiger partial charge < -0.3 is 10.4 Å². The van der Waals surface area contributed by atoms with Crippen LogP contribution in [0.2, 0.25) is 0 Å². The monoisotopic (exact) mass is 329 g/mol. The van der Waals surface area contributed by atoms with Crippen LogP contribution < -0.4 is 10.9 Å². The lowest BCUT2D eigenvalue weighted by molar-refractivity contribution is -0.123. The molecule has 128 valence electrons. The normalized spacial score (nSPS) is 16.9. The predicted molar refractivity (Wildman–Crippen MR) is 91.8 cm³/mol. The van der Waals surface area contributed by atoms with E-state index in [0.717, 1.165) is 24.6 Å². The molecule has 0 saturated heterocycles. The van der Waals surface area contributed by atoms with Gasteiger partial charge >= 0.3 is 0 Å². The average molecular weight is 329 g/mol. The minimum atomic E-state index is -0.814. The maximum Gasteiger partial charge on any atom is 0.275 e. The molecule has 1 fully saturated rings. The van der Waals surface area contributed by atoms with Gasteiger partial charge in [0.15, 0.2) is 0 Å². The molecule has 24 heavy (non-hydrogen) atoms. The molecule has 2 N–H and O–H groups in total. The number of rotatable bonds is 4. The van der Waals surface area contributed by atoms with Crippen LogP contribution in [-0.4, -0.2) is 32.9 Å². The quantitative estimate of drug-likeness (QED) is 0.891. The first kappa shape index (κ1) is 16.6. The highest BCUT2D eigenvalue weighted by Crippen LogP contribution is 2.27. The van der Waals surface area contributed by atoms with Crippen molar-refractivity contribution in [1.29, 1.82) is 0 Å². The van der Waals surface area contributed by atoms with Gasteiger partial charge in [-0.1, -0.05) is 37.5 Å². The van der Waals surface area contributed by atoms with Crippen molar-refractivity contribution in [2.75, 3.05) is 6.54 Å². The minimum absolute atomic E-state index is 0.138. The topological polar surface area (TPSA) is 84.2 Å². The van der Waals surface area contributed by atoms with Crippen LogP contribution in [0.4, 0.5) is 0 Å². The van der Waals surface area contributed by atoms with Gasteiger partial charge in [-0.05, 0) is 25.8 Å². The Balaban J connectivity index is 1.71. The summed E-state index contributed by atoms with van der Waals surface area (Å²) in [5.41, 5.74) is -0.377. The Morgan fingerprint density at radius 3 is 2.62 bits per heavy atom. The second kappa shape index (κ2) is 6.73. The molecular formula is C18H23N3O3. The summed E-state index contributed by atoms with van der Waals surface area (Å²) in [6, 6.07) is 7.25. The van der Waals surface area contributed by atoms with Gasteiger partial charge in [0.25, 0.3) is 5.56 Å². The average Bonchev–Trinajstić information content (AvgIpc) is 2.58. The third-order valence-electron chi connectivity index (χ3n) is 4.74. The lowest BCUT2D eigenvalue weighted by atomic mass is 9.85. The number of aryl methyl sites for hydroxylation is 1. The van der Waals surface area contributed by atoms with Crippen LogP contribution in [0.15, 0.2) is 29.1 Å². The molecule has 0 radical (unpaired) electrons. The summed E-state index contributed by atoms with van der Waals surface area (Å²) in [6.45, 7) is 1.91. The van der Waals surface area contributed by atoms with Gasteiger partial charge in [-0.25, -0.2) is 4.68 Å². The molecule has 1 aromatic heterocycles. The Labute approximate surface area is 140 Å². The Kier molecular flexibility index (Phi) is 4.66. The third kappa shape index (κ3) is 3.48. The molecule has 1 heterocycles. The van der Waals surface area contributed by atoms with Crippen molar-refractivity contribution in [1.82, 2.24) is 15.1 Å². The zero-order valence-electron chi connectivity index (χ0n) is 13.9. The van der Waals surface area contributed by atoms with E-state index in [1.807, 2.05) is 19.1 Å². The molecule has 0 bridgehead atoms. The summed E-state index contributed by atoms with van der Waals surface area (Å²) in [5.74, 6) is -0.307. The van der Waals surface area contributed by atoms with Crippen LogP contribution in [0.25, 0.3) is 10.8 Å². The number of hydrogen-bond donors (Lipinski definition) is 2. The van der Waals surface area contributed by atoms with E-state index in [2.05, 4.69) is 10.4 Å². The molecule has 0 unspecified atom stereocenters. The van der Waals surface area contributed by atoms with E-state index < -0.39 is 5.60 Å². The number of aromatic nitrogens is 2. The Morgan fingerprint density at radius 2 is 1.92 bits per heavy atom. The molecule has 1 aliphatic rings. The first-order valence-corrected chi connectivity index (χ1v) is 8.44. The fraction of sp³-hybridized carbons (Fsp3) is 0.500. The fourth-order valence-corrected chi connectivity index (χ4v) is 3.35. The number of carbonyl (C=O) groups is 1. The molecule has 0 aliphatic heterocycles. The van der Waals surface area contributed by atoms with Crippen LogP contribution in [-0.2, 0) is 11.3 Å². The molecule has 3 rings (SSSR count). The van der Waals surface area contributed by atoms with Gasteiger partial charge in [0, 0.05) is 11.9 Å². The molecule has 1 amide bonds. The largest absolute Gasteiger partial charge is 0.388 e. The van der Waals surface area contributed by atoms with Crippen molar-refractivity contribution in [2.45, 2.75) is 51.2 Å². The molecular weight excluding hydrogens is 306 g/mol. The number of nitrogens with zero attached hydrogens (tertiary/aromatic N) is 2. The van der Waals surface area contributed by atoms with Gasteiger partial charge in [0.2, 0.25) is 5.91 Å². The number of amides is 1. The zero-order valence-corrected chi connectivity index (χ0v) is 13.9. The SMILES string of the molecule is Cc1nn(CC(=O)NCC2(O)CCCCC2)c(=O)c2ccccc12. The van der Waals surface area contributed by atoms with Crippen LogP contribution in [0, 0.1) is 6.92 Å². The van der Waals surface area contributed by atoms with E-state index in [4.69, 9.17) is 0 Å².